The number of rotatable bonds is 0. The molecule has 7 heavy (non-hydrogen) atoms. The summed E-state index contributed by atoms with van der Waals surface area (Å²) in [6.07, 6.45) is 3.82. The SMILES string of the molecule is [CH]1CCCCNN1. The maximum atomic E-state index is 3.04. The van der Waals surface area contributed by atoms with E-state index in [1.807, 2.05) is 0 Å². The number of nitrogens with one attached hydrogen (secondary N) is 2. The van der Waals surface area contributed by atoms with Gasteiger partial charge in [0.15, 0.2) is 0 Å². The van der Waals surface area contributed by atoms with E-state index in [-0.39, 0.29) is 0 Å². The van der Waals surface area contributed by atoms with Gasteiger partial charge < -0.3 is 0 Å². The summed E-state index contributed by atoms with van der Waals surface area (Å²) < 4.78 is 0. The van der Waals surface area contributed by atoms with Crippen molar-refractivity contribution in [3.63, 3.8) is 0 Å². The zero-order chi connectivity index (χ0) is 4.95. The molecule has 0 unspecified atom stereocenters. The normalized spacial score (nSPS) is 24.0. The molecule has 0 spiro atoms. The second-order valence-corrected chi connectivity index (χ2v) is 1.77. The van der Waals surface area contributed by atoms with Gasteiger partial charge in [-0.3, -0.25) is 10.9 Å². The monoisotopic (exact) mass is 99.1 g/mol. The molecular formula is C5H11N2. The smallest absolute Gasteiger partial charge is 0.0379 e. The molecule has 1 aliphatic heterocycles. The van der Waals surface area contributed by atoms with Crippen molar-refractivity contribution < 1.29 is 0 Å². The average molecular weight is 99.2 g/mol. The van der Waals surface area contributed by atoms with Gasteiger partial charge in [0.25, 0.3) is 0 Å². The highest BCUT2D eigenvalue weighted by molar-refractivity contribution is 4.62. The molecule has 0 aliphatic carbocycles. The number of hydrogen-bond donors (Lipinski definition) is 2. The van der Waals surface area contributed by atoms with Crippen molar-refractivity contribution in [2.45, 2.75) is 19.3 Å². The van der Waals surface area contributed by atoms with Crippen molar-refractivity contribution in [3.05, 3.63) is 6.54 Å². The minimum Gasteiger partial charge on any atom is -0.258 e. The van der Waals surface area contributed by atoms with Crippen LogP contribution < -0.4 is 10.9 Å². The minimum atomic E-state index is 1.11. The highest BCUT2D eigenvalue weighted by atomic mass is 15.3. The van der Waals surface area contributed by atoms with Crippen LogP contribution >= 0.6 is 0 Å². The molecule has 0 amide bonds. The Bertz CT molecular complexity index is 25.7. The summed E-state index contributed by atoms with van der Waals surface area (Å²) in [6, 6.07) is 0. The molecule has 2 heteroatoms. The van der Waals surface area contributed by atoms with E-state index in [1.165, 1.54) is 19.3 Å². The van der Waals surface area contributed by atoms with Gasteiger partial charge in [-0.2, -0.15) is 0 Å². The molecule has 2 N–H and O–H groups in total. The maximum absolute atomic E-state index is 3.04. The molecule has 1 saturated heterocycles. The van der Waals surface area contributed by atoms with Crippen molar-refractivity contribution in [1.29, 1.82) is 0 Å². The van der Waals surface area contributed by atoms with Gasteiger partial charge in [-0.05, 0) is 12.8 Å². The summed E-state index contributed by atoms with van der Waals surface area (Å²) >= 11 is 0. The quantitative estimate of drug-likeness (QED) is 0.460. The summed E-state index contributed by atoms with van der Waals surface area (Å²) in [7, 11) is 0. The molecule has 0 bridgehead atoms. The minimum absolute atomic E-state index is 1.11. The Labute approximate surface area is 44.3 Å². The van der Waals surface area contributed by atoms with Gasteiger partial charge in [-0.15, -0.1) is 0 Å². The maximum Gasteiger partial charge on any atom is 0.0379 e. The lowest BCUT2D eigenvalue weighted by Gasteiger charge is -1.95. The molecule has 2 nitrogen and oxygen atoms in total. The van der Waals surface area contributed by atoms with E-state index in [0.717, 1.165) is 6.54 Å². The Morgan fingerprint density at radius 2 is 2.29 bits per heavy atom. The predicted octanol–water partition coefficient (Wildman–Crippen LogP) is 0.426. The summed E-state index contributed by atoms with van der Waals surface area (Å²) in [5.74, 6) is 0. The zero-order valence-corrected chi connectivity index (χ0v) is 4.41. The van der Waals surface area contributed by atoms with Crippen molar-refractivity contribution in [2.75, 3.05) is 6.54 Å². The van der Waals surface area contributed by atoms with Crippen LogP contribution in [0.4, 0.5) is 0 Å². The standard InChI is InChI=1S/C5H11N2/c1-2-4-6-7-5-3-1/h4,6-7H,1-3,5H2. The van der Waals surface area contributed by atoms with E-state index in [2.05, 4.69) is 17.4 Å². The molecule has 0 atom stereocenters. The van der Waals surface area contributed by atoms with Crippen LogP contribution in [0.2, 0.25) is 0 Å². The van der Waals surface area contributed by atoms with Crippen molar-refractivity contribution >= 4 is 0 Å². The largest absolute Gasteiger partial charge is 0.258 e. The van der Waals surface area contributed by atoms with Gasteiger partial charge in [-0.25, -0.2) is 0 Å². The first-order valence-electron chi connectivity index (χ1n) is 2.80. The lowest BCUT2D eigenvalue weighted by Crippen LogP contribution is -2.27. The van der Waals surface area contributed by atoms with Crippen LogP contribution in [0.3, 0.4) is 0 Å². The molecule has 41 valence electrons. The number of hydrogen-bond acceptors (Lipinski definition) is 2. The van der Waals surface area contributed by atoms with Gasteiger partial charge in [-0.1, -0.05) is 6.42 Å². The van der Waals surface area contributed by atoms with Crippen LogP contribution in [0.5, 0.6) is 0 Å². The lowest BCUT2D eigenvalue weighted by atomic mass is 10.2. The van der Waals surface area contributed by atoms with E-state index in [4.69, 9.17) is 0 Å². The molecule has 1 fully saturated rings. The topological polar surface area (TPSA) is 24.1 Å². The third-order valence-electron chi connectivity index (χ3n) is 1.10. The summed E-state index contributed by atoms with van der Waals surface area (Å²) in [5.41, 5.74) is 6.01. The lowest BCUT2D eigenvalue weighted by molar-refractivity contribution is 0.613. The first-order chi connectivity index (χ1) is 3.50. The predicted molar refractivity (Wildman–Crippen MR) is 29.3 cm³/mol. The Hall–Kier alpha value is -0.0800. The molecule has 0 saturated carbocycles. The van der Waals surface area contributed by atoms with E-state index in [9.17, 15) is 0 Å². The van der Waals surface area contributed by atoms with E-state index < -0.39 is 0 Å². The van der Waals surface area contributed by atoms with Gasteiger partial charge in [0.05, 0.1) is 0 Å². The molecule has 1 heterocycles. The van der Waals surface area contributed by atoms with Crippen LogP contribution in [0.25, 0.3) is 0 Å². The van der Waals surface area contributed by atoms with Crippen molar-refractivity contribution in [3.8, 4) is 0 Å². The third kappa shape index (κ3) is 1.90. The van der Waals surface area contributed by atoms with Crippen molar-refractivity contribution in [2.24, 2.45) is 0 Å². The Morgan fingerprint density at radius 1 is 1.29 bits per heavy atom. The van der Waals surface area contributed by atoms with Gasteiger partial charge >= 0.3 is 0 Å². The molecule has 1 aliphatic rings. The van der Waals surface area contributed by atoms with Crippen LogP contribution in [0.15, 0.2) is 0 Å². The second-order valence-electron chi connectivity index (χ2n) is 1.77. The van der Waals surface area contributed by atoms with E-state index >= 15 is 0 Å². The molecule has 0 aromatic heterocycles. The third-order valence-corrected chi connectivity index (χ3v) is 1.10. The second kappa shape index (κ2) is 2.99. The van der Waals surface area contributed by atoms with Crippen LogP contribution in [0, 0.1) is 6.54 Å². The Kier molecular flexibility index (Phi) is 2.17. The highest BCUT2D eigenvalue weighted by Gasteiger charge is 1.93. The van der Waals surface area contributed by atoms with Gasteiger partial charge in [0.2, 0.25) is 0 Å². The fourth-order valence-electron chi connectivity index (χ4n) is 0.676. The Balaban J connectivity index is 2.04. The fraction of sp³-hybridized carbons (Fsp3) is 0.800. The van der Waals surface area contributed by atoms with E-state index in [1.54, 1.807) is 0 Å². The van der Waals surface area contributed by atoms with Crippen LogP contribution in [-0.2, 0) is 0 Å². The summed E-state index contributed by atoms with van der Waals surface area (Å²) in [5, 5.41) is 0. The molecule has 0 aromatic rings. The average Bonchev–Trinajstić information content (AvgIpc) is 1.90. The van der Waals surface area contributed by atoms with Crippen molar-refractivity contribution in [1.82, 2.24) is 10.9 Å². The first-order valence-corrected chi connectivity index (χ1v) is 2.80. The molecular weight excluding hydrogens is 88.1 g/mol. The highest BCUT2D eigenvalue weighted by Crippen LogP contribution is 1.96. The van der Waals surface area contributed by atoms with Crippen LogP contribution in [0.1, 0.15) is 19.3 Å². The molecule has 0 aromatic carbocycles. The summed E-state index contributed by atoms with van der Waals surface area (Å²) in [6.45, 7) is 3.17. The first kappa shape index (κ1) is 5.06. The molecule has 1 radical (unpaired) electrons. The number of hydrazine groups is 1. The molecule has 1 rings (SSSR count). The zero-order valence-electron chi connectivity index (χ0n) is 4.41. The van der Waals surface area contributed by atoms with Gasteiger partial charge in [0, 0.05) is 13.1 Å². The van der Waals surface area contributed by atoms with Crippen LogP contribution in [-0.4, -0.2) is 6.54 Å². The fourth-order valence-corrected chi connectivity index (χ4v) is 0.676. The Morgan fingerprint density at radius 3 is 3.29 bits per heavy atom. The van der Waals surface area contributed by atoms with Gasteiger partial charge in [0.1, 0.15) is 0 Å². The summed E-state index contributed by atoms with van der Waals surface area (Å²) in [4.78, 5) is 0. The van der Waals surface area contributed by atoms with E-state index in [0.29, 0.717) is 0 Å².